The molecule has 0 aromatic rings. The van der Waals surface area contributed by atoms with Crippen molar-refractivity contribution in [3.8, 4) is 0 Å². The van der Waals surface area contributed by atoms with Gasteiger partial charge >= 0.3 is 30.6 Å². The summed E-state index contributed by atoms with van der Waals surface area (Å²) in [4.78, 5) is 0. The Morgan fingerprint density at radius 3 is 1.33 bits per heavy atom. The molecule has 6 nitrogen and oxygen atoms in total. The van der Waals surface area contributed by atoms with Crippen LogP contribution >= 0.6 is 0 Å². The van der Waals surface area contributed by atoms with Crippen LogP contribution in [0.25, 0.3) is 0 Å². The van der Waals surface area contributed by atoms with E-state index < -0.39 is 34.4 Å². The third-order valence-electron chi connectivity index (χ3n) is 1.51. The maximum Gasteiger partial charge on any atom is 0.445 e. The zero-order valence-corrected chi connectivity index (χ0v) is 8.20. The highest BCUT2D eigenvalue weighted by Crippen LogP contribution is 2.52. The Kier molecular flexibility index (Phi) is 2.11. The molecule has 0 spiro atoms. The Morgan fingerprint density at radius 2 is 1.20 bits per heavy atom. The van der Waals surface area contributed by atoms with Crippen molar-refractivity contribution in [1.29, 1.82) is 0 Å². The molecule has 15 heavy (non-hydrogen) atoms. The Balaban J connectivity index is 3.78. The van der Waals surface area contributed by atoms with Gasteiger partial charge in [0.15, 0.2) is 0 Å². The van der Waals surface area contributed by atoms with Crippen LogP contribution in [-0.2, 0) is 20.0 Å². The van der Waals surface area contributed by atoms with E-state index in [0.717, 1.165) is 0 Å². The Morgan fingerprint density at radius 1 is 0.933 bits per heavy atom. The summed E-state index contributed by atoms with van der Waals surface area (Å²) < 4.78 is 91.6. The molecule has 0 saturated carbocycles. The summed E-state index contributed by atoms with van der Waals surface area (Å²) in [6.45, 7) is 2.32. The minimum absolute atomic E-state index is 1.38. The van der Waals surface area contributed by atoms with Gasteiger partial charge in [-0.05, 0) is 0 Å². The average Bonchev–Trinajstić information content (AvgIpc) is 2.07. The summed E-state index contributed by atoms with van der Waals surface area (Å²) in [5.41, 5.74) is 0. The molecule has 1 rings (SSSR count). The molecule has 1 fully saturated rings. The number of alkyl halides is 4. The predicted octanol–water partition coefficient (Wildman–Crippen LogP) is -0.237. The third-order valence-corrected chi connectivity index (χ3v) is 5.68. The van der Waals surface area contributed by atoms with E-state index >= 15 is 0 Å². The number of halogens is 4. The van der Waals surface area contributed by atoms with Crippen molar-refractivity contribution in [2.45, 2.75) is 10.5 Å². The van der Waals surface area contributed by atoms with Crippen molar-refractivity contribution in [3.63, 3.8) is 0 Å². The van der Waals surface area contributed by atoms with Crippen molar-refractivity contribution in [2.24, 2.45) is 5.10 Å². The van der Waals surface area contributed by atoms with Gasteiger partial charge < -0.3 is 0 Å². The summed E-state index contributed by atoms with van der Waals surface area (Å²) in [7, 11) is -12.2. The lowest BCUT2D eigenvalue weighted by Gasteiger charge is -2.11. The Labute approximate surface area is 81.3 Å². The molecule has 0 aromatic heterocycles. The fourth-order valence-electron chi connectivity index (χ4n) is 0.778. The van der Waals surface area contributed by atoms with Crippen LogP contribution in [0, 0.1) is 0 Å². The maximum atomic E-state index is 12.6. The predicted molar refractivity (Wildman–Crippen MR) is 39.1 cm³/mol. The lowest BCUT2D eigenvalue weighted by Crippen LogP contribution is -2.42. The SMILES string of the molecule is C=NN1S(=O)(=O)C(F)(F)C(F)(F)S1(=O)=O. The zero-order valence-electron chi connectivity index (χ0n) is 6.56. The molecule has 1 saturated heterocycles. The van der Waals surface area contributed by atoms with Crippen molar-refractivity contribution in [2.75, 3.05) is 0 Å². The van der Waals surface area contributed by atoms with E-state index in [1.54, 1.807) is 0 Å². The van der Waals surface area contributed by atoms with Gasteiger partial charge in [0.2, 0.25) is 0 Å². The van der Waals surface area contributed by atoms with Crippen LogP contribution in [0.4, 0.5) is 17.6 Å². The third kappa shape index (κ3) is 1.00. The second kappa shape index (κ2) is 2.61. The summed E-state index contributed by atoms with van der Waals surface area (Å²) in [6.07, 6.45) is 0. The molecular formula is C3H2F4N2O4S2. The first-order valence-electron chi connectivity index (χ1n) is 2.96. The van der Waals surface area contributed by atoms with Gasteiger partial charge in [-0.25, -0.2) is 0 Å². The summed E-state index contributed by atoms with van der Waals surface area (Å²) in [6, 6.07) is 0. The van der Waals surface area contributed by atoms with Crippen molar-refractivity contribution in [1.82, 2.24) is 3.82 Å². The molecule has 0 atom stereocenters. The molecular weight excluding hydrogens is 268 g/mol. The lowest BCUT2D eigenvalue weighted by atomic mass is 10.7. The number of hydrogen-bond donors (Lipinski definition) is 0. The van der Waals surface area contributed by atoms with Crippen LogP contribution in [0.5, 0.6) is 0 Å². The number of hydrogen-bond acceptors (Lipinski definition) is 5. The van der Waals surface area contributed by atoms with Crippen molar-refractivity contribution < 1.29 is 34.4 Å². The van der Waals surface area contributed by atoms with E-state index in [1.165, 1.54) is 0 Å². The van der Waals surface area contributed by atoms with Gasteiger partial charge in [-0.1, -0.05) is 3.82 Å². The van der Waals surface area contributed by atoms with Gasteiger partial charge in [0, 0.05) is 6.72 Å². The van der Waals surface area contributed by atoms with Gasteiger partial charge in [-0.3, -0.25) is 0 Å². The molecule has 0 N–H and O–H groups in total. The topological polar surface area (TPSA) is 83.9 Å². The van der Waals surface area contributed by atoms with Gasteiger partial charge in [-0.15, -0.1) is 0 Å². The van der Waals surface area contributed by atoms with E-state index in [2.05, 4.69) is 11.8 Å². The Hall–Kier alpha value is -0.910. The zero-order chi connectivity index (χ0) is 12.3. The first-order chi connectivity index (χ1) is 6.44. The molecule has 0 aliphatic carbocycles. The summed E-state index contributed by atoms with van der Waals surface area (Å²) in [5, 5.41) is -9.40. The summed E-state index contributed by atoms with van der Waals surface area (Å²) >= 11 is 0. The molecule has 0 bridgehead atoms. The van der Waals surface area contributed by atoms with E-state index in [-0.39, 0.29) is 0 Å². The van der Waals surface area contributed by atoms with Crippen LogP contribution in [-0.4, -0.2) is 37.9 Å². The smallest absolute Gasteiger partial charge is 0.197 e. The fourth-order valence-corrected chi connectivity index (χ4v) is 4.30. The number of nitrogens with zero attached hydrogens (tertiary/aromatic N) is 2. The first kappa shape index (κ1) is 12.2. The quantitative estimate of drug-likeness (QED) is 0.486. The molecule has 0 unspecified atom stereocenters. The molecule has 0 amide bonds. The standard InChI is InChI=1S/C3H2F4N2O4S2/c1-8-9-14(10,11)2(4,5)3(6,7)15(9,12)13/h1H2. The van der Waals surface area contributed by atoms with E-state index in [0.29, 0.717) is 0 Å². The van der Waals surface area contributed by atoms with Gasteiger partial charge in [-0.2, -0.15) is 39.5 Å². The normalized spacial score (nSPS) is 30.0. The van der Waals surface area contributed by atoms with E-state index in [9.17, 15) is 34.4 Å². The number of hydrazone groups is 1. The number of sulfonamides is 2. The monoisotopic (exact) mass is 270 g/mol. The maximum absolute atomic E-state index is 12.6. The highest BCUT2D eigenvalue weighted by Gasteiger charge is 2.84. The van der Waals surface area contributed by atoms with Gasteiger partial charge in [0.1, 0.15) is 0 Å². The van der Waals surface area contributed by atoms with Gasteiger partial charge in [0.25, 0.3) is 0 Å². The molecule has 1 aliphatic rings. The molecule has 88 valence electrons. The second-order valence-corrected chi connectivity index (χ2v) is 6.21. The molecule has 1 aliphatic heterocycles. The van der Waals surface area contributed by atoms with E-state index in [4.69, 9.17) is 0 Å². The minimum Gasteiger partial charge on any atom is -0.197 e. The van der Waals surface area contributed by atoms with E-state index in [1.807, 2.05) is 0 Å². The average molecular weight is 270 g/mol. The van der Waals surface area contributed by atoms with Crippen LogP contribution in [0.15, 0.2) is 5.10 Å². The first-order valence-corrected chi connectivity index (χ1v) is 5.84. The largest absolute Gasteiger partial charge is 0.445 e. The fraction of sp³-hybridized carbons (Fsp3) is 0.667. The molecule has 12 heteroatoms. The summed E-state index contributed by atoms with van der Waals surface area (Å²) in [5.74, 6) is 0. The Bertz CT molecular complexity index is 464. The highest BCUT2D eigenvalue weighted by molar-refractivity contribution is 8.08. The molecule has 0 aromatic carbocycles. The molecule has 1 heterocycles. The van der Waals surface area contributed by atoms with Crippen molar-refractivity contribution in [3.05, 3.63) is 0 Å². The minimum atomic E-state index is -6.10. The highest BCUT2D eigenvalue weighted by atomic mass is 32.3. The van der Waals surface area contributed by atoms with Crippen LogP contribution in [0.3, 0.4) is 0 Å². The molecule has 0 radical (unpaired) electrons. The van der Waals surface area contributed by atoms with Crippen LogP contribution < -0.4 is 0 Å². The second-order valence-electron chi connectivity index (χ2n) is 2.36. The lowest BCUT2D eigenvalue weighted by molar-refractivity contribution is -0.0920. The van der Waals surface area contributed by atoms with Crippen molar-refractivity contribution >= 4 is 26.8 Å². The number of rotatable bonds is 1. The van der Waals surface area contributed by atoms with Gasteiger partial charge in [0.05, 0.1) is 0 Å². The van der Waals surface area contributed by atoms with Crippen LogP contribution in [0.2, 0.25) is 0 Å². The van der Waals surface area contributed by atoms with Crippen LogP contribution in [0.1, 0.15) is 0 Å².